The summed E-state index contributed by atoms with van der Waals surface area (Å²) >= 11 is 0. The van der Waals surface area contributed by atoms with Crippen LogP contribution in [0.2, 0.25) is 0 Å². The predicted molar refractivity (Wildman–Crippen MR) is 92.3 cm³/mol. The van der Waals surface area contributed by atoms with Crippen LogP contribution in [0.15, 0.2) is 11.1 Å². The SMILES string of the molecule is CC(C)C1=C2[C@@H]3CC[C@](C)(O)[C@H](O)[C@H](O)[C@@]3(C)CC[C@]2(C)CC1=O. The van der Waals surface area contributed by atoms with Gasteiger partial charge in [-0.15, -0.1) is 0 Å². The van der Waals surface area contributed by atoms with Crippen molar-refractivity contribution in [1.29, 1.82) is 0 Å². The Morgan fingerprint density at radius 2 is 1.67 bits per heavy atom. The number of allylic oxidation sites excluding steroid dienone is 2. The minimum absolute atomic E-state index is 0.0405. The molecule has 136 valence electrons. The summed E-state index contributed by atoms with van der Waals surface area (Å²) in [7, 11) is 0. The Kier molecular flexibility index (Phi) is 4.06. The zero-order chi connectivity index (χ0) is 18.1. The lowest BCUT2D eigenvalue weighted by Crippen LogP contribution is -2.54. The highest BCUT2D eigenvalue weighted by Crippen LogP contribution is 2.63. The molecule has 0 spiro atoms. The van der Waals surface area contributed by atoms with E-state index in [-0.39, 0.29) is 23.0 Å². The van der Waals surface area contributed by atoms with Gasteiger partial charge in [0, 0.05) is 11.8 Å². The Balaban J connectivity index is 2.16. The molecule has 0 aliphatic heterocycles. The standard InChI is InChI=1S/C20H32O4/c1-11(2)14-13(21)10-18(3)8-9-19(4)12(15(14)18)6-7-20(5,24)17(23)16(19)22/h11-12,16-17,22-24H,6-10H2,1-5H3/t12-,16-,17+,18+,19-,20-/m0/s1. The highest BCUT2D eigenvalue weighted by atomic mass is 16.4. The van der Waals surface area contributed by atoms with Crippen LogP contribution >= 0.6 is 0 Å². The van der Waals surface area contributed by atoms with Gasteiger partial charge in [-0.1, -0.05) is 33.3 Å². The molecule has 6 atom stereocenters. The van der Waals surface area contributed by atoms with Crippen molar-refractivity contribution in [2.75, 3.05) is 0 Å². The van der Waals surface area contributed by atoms with Gasteiger partial charge in [-0.2, -0.15) is 0 Å². The highest BCUT2D eigenvalue weighted by Gasteiger charge is 2.60. The Morgan fingerprint density at radius 1 is 1.04 bits per heavy atom. The smallest absolute Gasteiger partial charge is 0.159 e. The predicted octanol–water partition coefficient (Wildman–Crippen LogP) is 2.60. The lowest BCUT2D eigenvalue weighted by atomic mass is 9.54. The molecule has 0 amide bonds. The van der Waals surface area contributed by atoms with E-state index in [0.717, 1.165) is 18.4 Å². The van der Waals surface area contributed by atoms with Crippen molar-refractivity contribution in [3.8, 4) is 0 Å². The number of carbonyl (C=O) groups excluding carboxylic acids is 1. The second-order valence-electron chi connectivity index (χ2n) is 9.49. The number of carbonyl (C=O) groups is 1. The molecule has 4 nitrogen and oxygen atoms in total. The van der Waals surface area contributed by atoms with E-state index in [1.807, 2.05) is 6.92 Å². The molecule has 0 aromatic rings. The summed E-state index contributed by atoms with van der Waals surface area (Å²) in [5.41, 5.74) is 0.232. The summed E-state index contributed by atoms with van der Waals surface area (Å²) in [5, 5.41) is 32.1. The van der Waals surface area contributed by atoms with E-state index in [4.69, 9.17) is 0 Å². The van der Waals surface area contributed by atoms with E-state index in [1.54, 1.807) is 6.92 Å². The molecule has 3 aliphatic carbocycles. The maximum absolute atomic E-state index is 12.7. The Morgan fingerprint density at radius 3 is 2.25 bits per heavy atom. The van der Waals surface area contributed by atoms with Crippen molar-refractivity contribution in [3.63, 3.8) is 0 Å². The molecule has 0 heterocycles. The van der Waals surface area contributed by atoms with Gasteiger partial charge in [0.1, 0.15) is 6.10 Å². The summed E-state index contributed by atoms with van der Waals surface area (Å²) in [6.45, 7) is 9.95. The molecule has 4 heteroatoms. The van der Waals surface area contributed by atoms with Gasteiger partial charge >= 0.3 is 0 Å². The summed E-state index contributed by atoms with van der Waals surface area (Å²) in [4.78, 5) is 12.7. The number of fused-ring (bicyclic) bond motifs is 3. The first-order chi connectivity index (χ1) is 10.9. The molecule has 0 aromatic carbocycles. The maximum Gasteiger partial charge on any atom is 0.159 e. The number of hydrogen-bond acceptors (Lipinski definition) is 4. The van der Waals surface area contributed by atoms with Crippen LogP contribution in [0.1, 0.15) is 66.7 Å². The molecular formula is C20H32O4. The van der Waals surface area contributed by atoms with Crippen LogP contribution in [0, 0.1) is 22.7 Å². The van der Waals surface area contributed by atoms with Crippen LogP contribution in [0.3, 0.4) is 0 Å². The van der Waals surface area contributed by atoms with Crippen LogP contribution in [0.25, 0.3) is 0 Å². The molecule has 3 N–H and O–H groups in total. The maximum atomic E-state index is 12.7. The lowest BCUT2D eigenvalue weighted by molar-refractivity contribution is -0.149. The third-order valence-electron chi connectivity index (χ3n) is 7.28. The fourth-order valence-electron chi connectivity index (χ4n) is 5.65. The Bertz CT molecular complexity index is 590. The van der Waals surface area contributed by atoms with Crippen molar-refractivity contribution in [2.45, 2.75) is 84.5 Å². The third-order valence-corrected chi connectivity index (χ3v) is 7.28. The van der Waals surface area contributed by atoms with E-state index in [0.29, 0.717) is 19.3 Å². The number of aliphatic hydroxyl groups excluding tert-OH is 2. The van der Waals surface area contributed by atoms with Gasteiger partial charge in [0.2, 0.25) is 0 Å². The van der Waals surface area contributed by atoms with Crippen LogP contribution in [0.4, 0.5) is 0 Å². The molecule has 2 fully saturated rings. The van der Waals surface area contributed by atoms with E-state index in [1.165, 1.54) is 5.57 Å². The fourth-order valence-corrected chi connectivity index (χ4v) is 5.65. The molecule has 3 aliphatic rings. The van der Waals surface area contributed by atoms with Gasteiger partial charge in [-0.05, 0) is 55.4 Å². The molecule has 0 radical (unpaired) electrons. The van der Waals surface area contributed by atoms with E-state index >= 15 is 0 Å². The molecule has 0 aromatic heterocycles. The minimum Gasteiger partial charge on any atom is -0.390 e. The summed E-state index contributed by atoms with van der Waals surface area (Å²) in [6.07, 6.45) is 1.18. The highest BCUT2D eigenvalue weighted by molar-refractivity contribution is 6.00. The van der Waals surface area contributed by atoms with Gasteiger partial charge in [0.15, 0.2) is 5.78 Å². The second kappa shape index (κ2) is 5.39. The number of aliphatic hydroxyl groups is 3. The van der Waals surface area contributed by atoms with E-state index < -0.39 is 23.2 Å². The number of Topliss-reactive ketones (excluding diaryl/α,β-unsaturated/α-hetero) is 1. The first-order valence-corrected chi connectivity index (χ1v) is 9.30. The second-order valence-corrected chi connectivity index (χ2v) is 9.49. The monoisotopic (exact) mass is 336 g/mol. The van der Waals surface area contributed by atoms with Gasteiger partial charge in [0.05, 0.1) is 11.7 Å². The van der Waals surface area contributed by atoms with Crippen molar-refractivity contribution >= 4 is 5.78 Å². The van der Waals surface area contributed by atoms with Gasteiger partial charge in [-0.25, -0.2) is 0 Å². The normalized spacial score (nSPS) is 49.2. The van der Waals surface area contributed by atoms with Crippen LogP contribution in [-0.4, -0.2) is 38.9 Å². The van der Waals surface area contributed by atoms with Gasteiger partial charge in [-0.3, -0.25) is 4.79 Å². The van der Waals surface area contributed by atoms with E-state index in [9.17, 15) is 20.1 Å². The first kappa shape index (κ1) is 18.1. The van der Waals surface area contributed by atoms with Gasteiger partial charge in [0.25, 0.3) is 0 Å². The summed E-state index contributed by atoms with van der Waals surface area (Å²) in [5.74, 6) is 0.457. The summed E-state index contributed by atoms with van der Waals surface area (Å²) in [6, 6.07) is 0. The average molecular weight is 336 g/mol. The number of hydrogen-bond donors (Lipinski definition) is 3. The topological polar surface area (TPSA) is 77.8 Å². The lowest BCUT2D eigenvalue weighted by Gasteiger charge is -2.51. The zero-order valence-corrected chi connectivity index (χ0v) is 15.6. The number of rotatable bonds is 1. The zero-order valence-electron chi connectivity index (χ0n) is 15.6. The molecule has 0 saturated heterocycles. The fraction of sp³-hybridized carbons (Fsp3) is 0.850. The quantitative estimate of drug-likeness (QED) is 0.688. The van der Waals surface area contributed by atoms with Crippen LogP contribution in [0.5, 0.6) is 0 Å². The van der Waals surface area contributed by atoms with Crippen molar-refractivity contribution < 1.29 is 20.1 Å². The van der Waals surface area contributed by atoms with Crippen molar-refractivity contribution in [1.82, 2.24) is 0 Å². The molecule has 0 unspecified atom stereocenters. The molecule has 3 rings (SSSR count). The van der Waals surface area contributed by atoms with Crippen molar-refractivity contribution in [3.05, 3.63) is 11.1 Å². The molecule has 2 saturated carbocycles. The molecule has 0 bridgehead atoms. The van der Waals surface area contributed by atoms with E-state index in [2.05, 4.69) is 20.8 Å². The largest absolute Gasteiger partial charge is 0.390 e. The summed E-state index contributed by atoms with van der Waals surface area (Å²) < 4.78 is 0. The molecule has 24 heavy (non-hydrogen) atoms. The van der Waals surface area contributed by atoms with Crippen LogP contribution in [-0.2, 0) is 4.79 Å². The van der Waals surface area contributed by atoms with Crippen LogP contribution < -0.4 is 0 Å². The first-order valence-electron chi connectivity index (χ1n) is 9.30. The minimum atomic E-state index is -1.29. The Hall–Kier alpha value is -0.710. The van der Waals surface area contributed by atoms with Gasteiger partial charge < -0.3 is 15.3 Å². The van der Waals surface area contributed by atoms with Crippen molar-refractivity contribution in [2.24, 2.45) is 22.7 Å². The Labute approximate surface area is 145 Å². The average Bonchev–Trinajstić information content (AvgIpc) is 2.72. The number of ketones is 1. The molecular weight excluding hydrogens is 304 g/mol. The third kappa shape index (κ3) is 2.33.